The lowest BCUT2D eigenvalue weighted by molar-refractivity contribution is 0.0600. The molecule has 41 heavy (non-hydrogen) atoms. The van der Waals surface area contributed by atoms with Crippen molar-refractivity contribution in [1.82, 2.24) is 4.98 Å². The number of methoxy groups -OCH3 is 1. The zero-order valence-electron chi connectivity index (χ0n) is 21.5. The number of furan rings is 1. The van der Waals surface area contributed by atoms with Crippen LogP contribution in [0, 0.1) is 6.92 Å². The van der Waals surface area contributed by atoms with Crippen LogP contribution in [-0.4, -0.2) is 29.9 Å². The van der Waals surface area contributed by atoms with Gasteiger partial charge in [0, 0.05) is 20.7 Å². The van der Waals surface area contributed by atoms with Gasteiger partial charge in [-0.3, -0.25) is 9.59 Å². The number of nitrogens with one attached hydrogen (secondary N) is 1. The first-order chi connectivity index (χ1) is 19.6. The van der Waals surface area contributed by atoms with E-state index < -0.39 is 29.9 Å². The summed E-state index contributed by atoms with van der Waals surface area (Å²) in [7, 11) is 1.29. The molecule has 0 bridgehead atoms. The molecule has 0 atom stereocenters. The summed E-state index contributed by atoms with van der Waals surface area (Å²) in [5, 5.41) is 3.00. The molecule has 0 unspecified atom stereocenters. The van der Waals surface area contributed by atoms with Gasteiger partial charge < -0.3 is 24.9 Å². The molecule has 0 aliphatic rings. The van der Waals surface area contributed by atoms with E-state index in [4.69, 9.17) is 14.9 Å². The fraction of sp³-hybridized carbons (Fsp3) is 0.143. The molecule has 13 heteroatoms. The largest absolute Gasteiger partial charge is 0.486 e. The quantitative estimate of drug-likeness (QED) is 0.183. The third-order valence-corrected chi connectivity index (χ3v) is 8.05. The highest BCUT2D eigenvalue weighted by Crippen LogP contribution is 2.44. The van der Waals surface area contributed by atoms with Gasteiger partial charge in [-0.05, 0) is 61.5 Å². The number of aryl methyl sites for hydroxylation is 1. The second-order valence-electron chi connectivity index (χ2n) is 8.68. The van der Waals surface area contributed by atoms with Crippen LogP contribution in [0.5, 0.6) is 5.75 Å². The number of nitrogens with two attached hydrogens (primary N) is 1. The molecule has 1 aromatic carbocycles. The molecule has 0 saturated carbocycles. The number of benzene rings is 1. The lowest BCUT2D eigenvalue weighted by atomic mass is 10.1. The molecule has 9 nitrogen and oxygen atoms in total. The van der Waals surface area contributed by atoms with Crippen molar-refractivity contribution in [1.29, 1.82) is 0 Å². The topological polar surface area (TPSA) is 134 Å². The minimum absolute atomic E-state index is 0.0129. The van der Waals surface area contributed by atoms with Gasteiger partial charge in [-0.2, -0.15) is 0 Å². The number of fused-ring (bicyclic) bond motifs is 1. The monoisotopic (exact) mass is 597 g/mol. The second kappa shape index (κ2) is 11.5. The highest BCUT2D eigenvalue weighted by Gasteiger charge is 2.26. The van der Waals surface area contributed by atoms with Crippen LogP contribution in [0.1, 0.15) is 53.3 Å². The average Bonchev–Trinajstić information content (AvgIpc) is 3.70. The lowest BCUT2D eigenvalue weighted by Gasteiger charge is -2.09. The molecule has 3 N–H and O–H groups in total. The fourth-order valence-electron chi connectivity index (χ4n) is 4.01. The zero-order chi connectivity index (χ0) is 29.3. The number of anilines is 1. The number of alkyl halides is 2. The maximum atomic E-state index is 13.7. The summed E-state index contributed by atoms with van der Waals surface area (Å²) in [5.41, 5.74) is 5.97. The van der Waals surface area contributed by atoms with E-state index in [-0.39, 0.29) is 27.8 Å². The van der Waals surface area contributed by atoms with Gasteiger partial charge in [-0.25, -0.2) is 18.6 Å². The Balaban J connectivity index is 1.42. The summed E-state index contributed by atoms with van der Waals surface area (Å²) >= 11 is 2.20. The molecule has 0 fully saturated rings. The third kappa shape index (κ3) is 5.81. The SMILES string of the molecule is COC(=O)c1ccc(OCc2ccc(C(=O)Nc3c(C(N)=O)sc4nc(C(F)F)cc(-c5ccc(C)s5)c34)o2)cc1. The van der Waals surface area contributed by atoms with E-state index in [9.17, 15) is 23.2 Å². The smallest absolute Gasteiger partial charge is 0.337 e. The number of halogens is 2. The zero-order valence-corrected chi connectivity index (χ0v) is 23.2. The van der Waals surface area contributed by atoms with E-state index in [1.165, 1.54) is 30.6 Å². The predicted octanol–water partition coefficient (Wildman–Crippen LogP) is 6.58. The maximum absolute atomic E-state index is 13.7. The molecule has 4 heterocycles. The van der Waals surface area contributed by atoms with E-state index in [1.54, 1.807) is 36.4 Å². The first kappa shape index (κ1) is 27.9. The Bertz CT molecular complexity index is 1780. The number of pyridine rings is 1. The van der Waals surface area contributed by atoms with Crippen LogP contribution < -0.4 is 15.8 Å². The summed E-state index contributed by atoms with van der Waals surface area (Å²) in [4.78, 5) is 42.9. The summed E-state index contributed by atoms with van der Waals surface area (Å²) in [6.45, 7) is 1.86. The number of nitrogens with zero attached hydrogens (tertiary/aromatic N) is 1. The van der Waals surface area contributed by atoms with E-state index in [2.05, 4.69) is 15.0 Å². The second-order valence-corrected chi connectivity index (χ2v) is 11.0. The molecule has 210 valence electrons. The third-order valence-electron chi connectivity index (χ3n) is 5.92. The van der Waals surface area contributed by atoms with E-state index in [0.717, 1.165) is 16.2 Å². The van der Waals surface area contributed by atoms with Crippen LogP contribution in [0.2, 0.25) is 0 Å². The molecule has 0 radical (unpaired) electrons. The standard InChI is InChI=1S/C28H21F2N3O6S2/c1-13-3-10-20(40-13)17-11-18(24(29)30)32-27-21(17)22(23(41-27)25(31)34)33-26(35)19-9-8-16(39-19)12-38-15-6-4-14(5-7-15)28(36)37-2/h3-11,24H,12H2,1-2H3,(H2,31,34)(H,33,35). The number of esters is 1. The van der Waals surface area contributed by atoms with Gasteiger partial charge in [0.1, 0.15) is 33.5 Å². The molecular weight excluding hydrogens is 576 g/mol. The first-order valence-electron chi connectivity index (χ1n) is 12.0. The predicted molar refractivity (Wildman–Crippen MR) is 150 cm³/mol. The number of amides is 2. The summed E-state index contributed by atoms with van der Waals surface area (Å²) in [6.07, 6.45) is -2.84. The number of hydrogen-bond acceptors (Lipinski definition) is 9. The molecule has 0 spiro atoms. The van der Waals surface area contributed by atoms with Crippen LogP contribution in [0.25, 0.3) is 20.7 Å². The fourth-order valence-corrected chi connectivity index (χ4v) is 5.91. The molecule has 0 saturated heterocycles. The molecule has 2 amide bonds. The van der Waals surface area contributed by atoms with Crippen LogP contribution in [0.4, 0.5) is 14.5 Å². The van der Waals surface area contributed by atoms with E-state index in [0.29, 0.717) is 32.9 Å². The number of thiophene rings is 2. The highest BCUT2D eigenvalue weighted by atomic mass is 32.1. The van der Waals surface area contributed by atoms with Crippen molar-refractivity contribution in [3.05, 3.63) is 87.1 Å². The van der Waals surface area contributed by atoms with Gasteiger partial charge in [0.25, 0.3) is 18.2 Å². The molecule has 5 aromatic rings. The number of primary amides is 1. The van der Waals surface area contributed by atoms with Gasteiger partial charge in [0.05, 0.1) is 18.4 Å². The van der Waals surface area contributed by atoms with Crippen molar-refractivity contribution in [3.63, 3.8) is 0 Å². The molecular formula is C28H21F2N3O6S2. The summed E-state index contributed by atoms with van der Waals surface area (Å²) < 4.78 is 43.3. The van der Waals surface area contributed by atoms with Gasteiger partial charge in [0.15, 0.2) is 5.76 Å². The van der Waals surface area contributed by atoms with Gasteiger partial charge in [0.2, 0.25) is 0 Å². The molecule has 0 aliphatic carbocycles. The van der Waals surface area contributed by atoms with Crippen molar-refractivity contribution >= 4 is 56.4 Å². The Morgan fingerprint density at radius 1 is 1.07 bits per heavy atom. The van der Waals surface area contributed by atoms with Crippen molar-refractivity contribution in [3.8, 4) is 16.2 Å². The number of rotatable bonds is 9. The Morgan fingerprint density at radius 3 is 2.46 bits per heavy atom. The number of aromatic nitrogens is 1. The minimum Gasteiger partial charge on any atom is -0.486 e. The van der Waals surface area contributed by atoms with Crippen molar-refractivity contribution < 1.29 is 37.1 Å². The van der Waals surface area contributed by atoms with Crippen LogP contribution in [0.15, 0.2) is 59.0 Å². The molecule has 0 aliphatic heterocycles. The Morgan fingerprint density at radius 2 is 1.83 bits per heavy atom. The molecule has 5 rings (SSSR count). The normalized spacial score (nSPS) is 11.1. The number of ether oxygens (including phenoxy) is 2. The van der Waals surface area contributed by atoms with Crippen molar-refractivity contribution in [2.45, 2.75) is 20.0 Å². The molecule has 4 aromatic heterocycles. The number of carbonyl (C=O) groups excluding carboxylic acids is 3. The van der Waals surface area contributed by atoms with Crippen molar-refractivity contribution in [2.24, 2.45) is 5.73 Å². The number of carbonyl (C=O) groups is 3. The minimum atomic E-state index is -2.84. The maximum Gasteiger partial charge on any atom is 0.337 e. The lowest BCUT2D eigenvalue weighted by Crippen LogP contribution is -2.16. The van der Waals surface area contributed by atoms with Gasteiger partial charge >= 0.3 is 5.97 Å². The Kier molecular flexibility index (Phi) is 7.81. The van der Waals surface area contributed by atoms with Crippen LogP contribution in [-0.2, 0) is 11.3 Å². The Labute approximate surface area is 239 Å². The van der Waals surface area contributed by atoms with Crippen molar-refractivity contribution in [2.75, 3.05) is 12.4 Å². The first-order valence-corrected chi connectivity index (χ1v) is 13.6. The number of hydrogen-bond donors (Lipinski definition) is 2. The summed E-state index contributed by atoms with van der Waals surface area (Å²) in [6, 6.07) is 14.1. The van der Waals surface area contributed by atoms with Gasteiger partial charge in [-0.15, -0.1) is 22.7 Å². The van der Waals surface area contributed by atoms with E-state index in [1.807, 2.05) is 13.0 Å². The van der Waals surface area contributed by atoms with Gasteiger partial charge in [-0.1, -0.05) is 0 Å². The average molecular weight is 598 g/mol. The van der Waals surface area contributed by atoms with E-state index >= 15 is 0 Å². The van der Waals surface area contributed by atoms with Crippen LogP contribution in [0.3, 0.4) is 0 Å². The Hall–Kier alpha value is -4.62. The highest BCUT2D eigenvalue weighted by molar-refractivity contribution is 7.21. The summed E-state index contributed by atoms with van der Waals surface area (Å²) in [5.74, 6) is -1.29. The van der Waals surface area contributed by atoms with Crippen LogP contribution >= 0.6 is 22.7 Å².